The Bertz CT molecular complexity index is 591. The number of hydrogen-bond donors (Lipinski definition) is 2. The van der Waals surface area contributed by atoms with Gasteiger partial charge in [-0.15, -0.1) is 0 Å². The van der Waals surface area contributed by atoms with Crippen molar-refractivity contribution in [3.8, 4) is 0 Å². The summed E-state index contributed by atoms with van der Waals surface area (Å²) in [7, 11) is 0. The molecule has 0 aliphatic carbocycles. The van der Waals surface area contributed by atoms with Gasteiger partial charge < -0.3 is 10.6 Å². The summed E-state index contributed by atoms with van der Waals surface area (Å²) < 4.78 is 0. The molecule has 2 rings (SSSR count). The molecule has 1 aromatic carbocycles. The second kappa shape index (κ2) is 8.17. The van der Waals surface area contributed by atoms with Crippen LogP contribution in [0.1, 0.15) is 42.1 Å². The number of amides is 1. The summed E-state index contributed by atoms with van der Waals surface area (Å²) in [6.45, 7) is 4.91. The van der Waals surface area contributed by atoms with Crippen LogP contribution in [0.5, 0.6) is 0 Å². The van der Waals surface area contributed by atoms with Crippen LogP contribution in [0.15, 0.2) is 42.6 Å². The summed E-state index contributed by atoms with van der Waals surface area (Å²) in [6.07, 6.45) is 4.91. The number of nitrogens with one attached hydrogen (secondary N) is 2. The van der Waals surface area contributed by atoms with Crippen LogP contribution in [-0.4, -0.2) is 17.4 Å². The fraction of sp³-hybridized carbons (Fsp3) is 0.333. The fourth-order valence-corrected chi connectivity index (χ4v) is 2.07. The number of hydrogen-bond acceptors (Lipinski definition) is 3. The van der Waals surface area contributed by atoms with Gasteiger partial charge in [0.2, 0.25) is 0 Å². The number of unbranched alkanes of at least 4 members (excludes halogenated alkanes) is 2. The molecule has 2 N–H and O–H groups in total. The van der Waals surface area contributed by atoms with E-state index in [0.717, 1.165) is 37.3 Å². The van der Waals surface area contributed by atoms with Gasteiger partial charge in [0.05, 0.1) is 5.56 Å². The lowest BCUT2D eigenvalue weighted by Crippen LogP contribution is -2.24. The molecule has 1 heterocycles. The van der Waals surface area contributed by atoms with Gasteiger partial charge in [0.1, 0.15) is 5.82 Å². The zero-order chi connectivity index (χ0) is 15.8. The van der Waals surface area contributed by atoms with Gasteiger partial charge >= 0.3 is 0 Å². The van der Waals surface area contributed by atoms with E-state index in [1.807, 2.05) is 30.3 Å². The molecule has 1 amide bonds. The van der Waals surface area contributed by atoms with Crippen molar-refractivity contribution >= 4 is 17.4 Å². The predicted molar refractivity (Wildman–Crippen MR) is 90.6 cm³/mol. The van der Waals surface area contributed by atoms with Gasteiger partial charge in [0.15, 0.2) is 0 Å². The lowest BCUT2D eigenvalue weighted by Gasteiger charge is -2.07. The predicted octanol–water partition coefficient (Wildman–Crippen LogP) is 4.05. The van der Waals surface area contributed by atoms with Crippen molar-refractivity contribution in [1.29, 1.82) is 0 Å². The Hall–Kier alpha value is -2.36. The van der Waals surface area contributed by atoms with Crippen LogP contribution in [0.4, 0.5) is 11.5 Å². The number of aromatic nitrogens is 1. The zero-order valence-electron chi connectivity index (χ0n) is 13.2. The van der Waals surface area contributed by atoms with Crippen molar-refractivity contribution in [2.45, 2.75) is 33.1 Å². The highest BCUT2D eigenvalue weighted by Gasteiger charge is 2.05. The molecule has 1 aromatic heterocycles. The van der Waals surface area contributed by atoms with Crippen LogP contribution in [0.2, 0.25) is 0 Å². The Morgan fingerprint density at radius 1 is 1.09 bits per heavy atom. The summed E-state index contributed by atoms with van der Waals surface area (Å²) in [5.74, 6) is 0.664. The molecule has 0 radical (unpaired) electrons. The van der Waals surface area contributed by atoms with Crippen molar-refractivity contribution in [1.82, 2.24) is 10.3 Å². The minimum absolute atomic E-state index is 0.0644. The molecule has 116 valence electrons. The molecule has 0 aliphatic rings. The van der Waals surface area contributed by atoms with E-state index in [1.165, 1.54) is 5.56 Å². The normalized spacial score (nSPS) is 10.3. The summed E-state index contributed by atoms with van der Waals surface area (Å²) in [4.78, 5) is 16.2. The maximum absolute atomic E-state index is 11.9. The Kier molecular flexibility index (Phi) is 5.95. The summed E-state index contributed by atoms with van der Waals surface area (Å²) >= 11 is 0. The summed E-state index contributed by atoms with van der Waals surface area (Å²) in [6, 6.07) is 11.7. The summed E-state index contributed by atoms with van der Waals surface area (Å²) in [5, 5.41) is 6.12. The number of anilines is 2. The van der Waals surface area contributed by atoms with Gasteiger partial charge in [-0.05, 0) is 37.6 Å². The molecule has 0 bridgehead atoms. The molecule has 4 heteroatoms. The van der Waals surface area contributed by atoms with Crippen LogP contribution in [0, 0.1) is 6.92 Å². The summed E-state index contributed by atoms with van der Waals surface area (Å²) in [5.41, 5.74) is 2.79. The molecule has 0 aliphatic heterocycles. The van der Waals surface area contributed by atoms with E-state index < -0.39 is 0 Å². The molecule has 2 aromatic rings. The minimum Gasteiger partial charge on any atom is -0.352 e. The van der Waals surface area contributed by atoms with Crippen LogP contribution >= 0.6 is 0 Å². The Labute approximate surface area is 132 Å². The standard InChI is InChI=1S/C18H23N3O/c1-3-4-5-12-19-18(22)15-8-11-17(20-13-15)21-16-9-6-14(2)7-10-16/h6-11,13H,3-5,12H2,1-2H3,(H,19,22)(H,20,21). The van der Waals surface area contributed by atoms with Gasteiger partial charge in [-0.2, -0.15) is 0 Å². The molecule has 0 spiro atoms. The lowest BCUT2D eigenvalue weighted by atomic mass is 10.2. The van der Waals surface area contributed by atoms with E-state index in [4.69, 9.17) is 0 Å². The molecular formula is C18H23N3O. The first-order chi connectivity index (χ1) is 10.7. The Morgan fingerprint density at radius 3 is 2.50 bits per heavy atom. The van der Waals surface area contributed by atoms with Crippen molar-refractivity contribution < 1.29 is 4.79 Å². The molecule has 0 saturated heterocycles. The van der Waals surface area contributed by atoms with Crippen molar-refractivity contribution in [3.05, 3.63) is 53.7 Å². The molecule has 0 unspecified atom stereocenters. The largest absolute Gasteiger partial charge is 0.352 e. The third-order valence-electron chi connectivity index (χ3n) is 3.42. The number of rotatable bonds is 7. The first kappa shape index (κ1) is 16.0. The average molecular weight is 297 g/mol. The van der Waals surface area contributed by atoms with Gasteiger partial charge in [0.25, 0.3) is 5.91 Å². The van der Waals surface area contributed by atoms with Crippen molar-refractivity contribution in [2.75, 3.05) is 11.9 Å². The first-order valence-electron chi connectivity index (χ1n) is 7.77. The smallest absolute Gasteiger partial charge is 0.252 e. The molecule has 4 nitrogen and oxygen atoms in total. The number of benzene rings is 1. The van der Waals surface area contributed by atoms with E-state index in [9.17, 15) is 4.79 Å². The number of carbonyl (C=O) groups excluding carboxylic acids is 1. The number of carbonyl (C=O) groups is 1. The minimum atomic E-state index is -0.0644. The van der Waals surface area contributed by atoms with E-state index in [2.05, 4.69) is 29.5 Å². The van der Waals surface area contributed by atoms with E-state index >= 15 is 0 Å². The highest BCUT2D eigenvalue weighted by Crippen LogP contribution is 2.15. The van der Waals surface area contributed by atoms with Gasteiger partial charge in [-0.25, -0.2) is 4.98 Å². The van der Waals surface area contributed by atoms with Crippen LogP contribution < -0.4 is 10.6 Å². The van der Waals surface area contributed by atoms with Gasteiger partial charge in [0, 0.05) is 18.4 Å². The average Bonchev–Trinajstić information content (AvgIpc) is 2.54. The highest BCUT2D eigenvalue weighted by atomic mass is 16.1. The second-order valence-corrected chi connectivity index (χ2v) is 5.39. The molecule has 0 atom stereocenters. The van der Waals surface area contributed by atoms with E-state index in [1.54, 1.807) is 12.3 Å². The molecular weight excluding hydrogens is 274 g/mol. The monoisotopic (exact) mass is 297 g/mol. The van der Waals surface area contributed by atoms with Crippen LogP contribution in [0.3, 0.4) is 0 Å². The molecule has 0 saturated carbocycles. The van der Waals surface area contributed by atoms with E-state index in [0.29, 0.717) is 5.56 Å². The number of nitrogens with zero attached hydrogens (tertiary/aromatic N) is 1. The van der Waals surface area contributed by atoms with Gasteiger partial charge in [-0.1, -0.05) is 37.5 Å². The van der Waals surface area contributed by atoms with Crippen LogP contribution in [-0.2, 0) is 0 Å². The van der Waals surface area contributed by atoms with Crippen molar-refractivity contribution in [3.63, 3.8) is 0 Å². The lowest BCUT2D eigenvalue weighted by molar-refractivity contribution is 0.0952. The Balaban J connectivity index is 1.89. The van der Waals surface area contributed by atoms with Crippen molar-refractivity contribution in [2.24, 2.45) is 0 Å². The van der Waals surface area contributed by atoms with E-state index in [-0.39, 0.29) is 5.91 Å². The van der Waals surface area contributed by atoms with Gasteiger partial charge in [-0.3, -0.25) is 4.79 Å². The zero-order valence-corrected chi connectivity index (χ0v) is 13.2. The third-order valence-corrected chi connectivity index (χ3v) is 3.42. The topological polar surface area (TPSA) is 54.0 Å². The SMILES string of the molecule is CCCCCNC(=O)c1ccc(Nc2ccc(C)cc2)nc1. The molecule has 0 fully saturated rings. The third kappa shape index (κ3) is 4.88. The molecule has 22 heavy (non-hydrogen) atoms. The second-order valence-electron chi connectivity index (χ2n) is 5.39. The number of aryl methyl sites for hydroxylation is 1. The quantitative estimate of drug-likeness (QED) is 0.758. The van der Waals surface area contributed by atoms with Crippen LogP contribution in [0.25, 0.3) is 0 Å². The number of pyridine rings is 1. The maximum Gasteiger partial charge on any atom is 0.252 e. The fourth-order valence-electron chi connectivity index (χ4n) is 2.07. The first-order valence-corrected chi connectivity index (χ1v) is 7.77. The maximum atomic E-state index is 11.9. The Morgan fingerprint density at radius 2 is 1.86 bits per heavy atom. The highest BCUT2D eigenvalue weighted by molar-refractivity contribution is 5.94.